The highest BCUT2D eigenvalue weighted by molar-refractivity contribution is 5.86. The van der Waals surface area contributed by atoms with Crippen LogP contribution in [0.5, 0.6) is 0 Å². The van der Waals surface area contributed by atoms with Gasteiger partial charge in [0.1, 0.15) is 0 Å². The number of hydrogen-bond acceptors (Lipinski definition) is 7. The van der Waals surface area contributed by atoms with E-state index < -0.39 is 24.5 Å². The second-order valence-electron chi connectivity index (χ2n) is 2.05. The van der Waals surface area contributed by atoms with Gasteiger partial charge in [0.15, 0.2) is 6.10 Å². The zero-order chi connectivity index (χ0) is 11.0. The molecule has 7 nitrogen and oxygen atoms in total. The molecule has 0 saturated carbocycles. The molecule has 0 rings (SSSR count). The molecule has 0 saturated heterocycles. The van der Waals surface area contributed by atoms with Crippen LogP contribution in [0.2, 0.25) is 0 Å². The number of hydrogen-bond donors (Lipinski definition) is 0. The van der Waals surface area contributed by atoms with E-state index in [0.717, 1.165) is 7.11 Å². The molecule has 0 aliphatic heterocycles. The van der Waals surface area contributed by atoms with Crippen LogP contribution in [0.1, 0.15) is 6.42 Å². The first-order valence-electron chi connectivity index (χ1n) is 3.45. The van der Waals surface area contributed by atoms with Gasteiger partial charge in [0.05, 0.1) is 6.42 Å². The Morgan fingerprint density at radius 3 is 2.21 bits per heavy atom. The highest BCUT2D eigenvalue weighted by Crippen LogP contribution is 2.00. The van der Waals surface area contributed by atoms with E-state index in [9.17, 15) is 19.2 Å². The fourth-order valence-corrected chi connectivity index (χ4v) is 0.639. The highest BCUT2D eigenvalue weighted by Gasteiger charge is 2.23. The molecule has 1 unspecified atom stereocenters. The van der Waals surface area contributed by atoms with Crippen LogP contribution in [-0.4, -0.2) is 38.1 Å². The molecule has 0 amide bonds. The molecule has 0 aromatic rings. The zero-order valence-corrected chi connectivity index (χ0v) is 7.30. The number of rotatable bonds is 6. The number of esters is 2. The van der Waals surface area contributed by atoms with Crippen LogP contribution in [0.4, 0.5) is 0 Å². The van der Waals surface area contributed by atoms with Crippen LogP contribution in [0.3, 0.4) is 0 Å². The maximum Gasteiger partial charge on any atom is 0.343 e. The molecule has 1 atom stereocenters. The molecule has 0 radical (unpaired) electrons. The lowest BCUT2D eigenvalue weighted by Crippen LogP contribution is -2.28. The van der Waals surface area contributed by atoms with Gasteiger partial charge in [0.2, 0.25) is 0 Å². The van der Waals surface area contributed by atoms with Gasteiger partial charge in [-0.3, -0.25) is 14.4 Å². The van der Waals surface area contributed by atoms with E-state index in [2.05, 4.69) is 14.2 Å². The van der Waals surface area contributed by atoms with Gasteiger partial charge in [-0.05, 0) is 0 Å². The standard InChI is InChI=1S/C7H8O7/c1-12-5(7(11)14-4-9)2-6(10)13-3-8/h3-5H,2H2,1H3. The van der Waals surface area contributed by atoms with Gasteiger partial charge in [-0.2, -0.15) is 0 Å². The molecule has 0 N–H and O–H groups in total. The first-order valence-corrected chi connectivity index (χ1v) is 3.45. The summed E-state index contributed by atoms with van der Waals surface area (Å²) in [6, 6.07) is 0. The Morgan fingerprint density at radius 2 is 1.79 bits per heavy atom. The summed E-state index contributed by atoms with van der Waals surface area (Å²) in [5.74, 6) is -1.97. The molecule has 0 heterocycles. The van der Waals surface area contributed by atoms with Crippen LogP contribution < -0.4 is 0 Å². The Labute approximate surface area is 78.9 Å². The normalized spacial score (nSPS) is 11.2. The summed E-state index contributed by atoms with van der Waals surface area (Å²) < 4.78 is 12.4. The number of ether oxygens (including phenoxy) is 3. The molecular weight excluding hydrogens is 196 g/mol. The predicted octanol–water partition coefficient (Wildman–Crippen LogP) is -1.21. The van der Waals surface area contributed by atoms with Crippen LogP contribution >= 0.6 is 0 Å². The molecule has 0 aliphatic carbocycles. The van der Waals surface area contributed by atoms with Crippen LogP contribution in [-0.2, 0) is 33.4 Å². The van der Waals surface area contributed by atoms with Crippen LogP contribution in [0.25, 0.3) is 0 Å². The molecule has 0 bridgehead atoms. The van der Waals surface area contributed by atoms with Crippen molar-refractivity contribution in [3.63, 3.8) is 0 Å². The van der Waals surface area contributed by atoms with Gasteiger partial charge in [-0.15, -0.1) is 0 Å². The summed E-state index contributed by atoms with van der Waals surface area (Å²) in [4.78, 5) is 41.0. The summed E-state index contributed by atoms with van der Waals surface area (Å²) in [6.45, 7) is -0.153. The topological polar surface area (TPSA) is 96.0 Å². The van der Waals surface area contributed by atoms with Gasteiger partial charge in [-0.1, -0.05) is 0 Å². The first-order chi connectivity index (χ1) is 6.65. The fraction of sp³-hybridized carbons (Fsp3) is 0.429. The minimum atomic E-state index is -1.26. The quantitative estimate of drug-likeness (QED) is 0.304. The van der Waals surface area contributed by atoms with Crippen LogP contribution in [0.15, 0.2) is 0 Å². The van der Waals surface area contributed by atoms with Crippen molar-refractivity contribution in [1.29, 1.82) is 0 Å². The van der Waals surface area contributed by atoms with Crippen molar-refractivity contribution in [3.8, 4) is 0 Å². The number of carbonyl (C=O) groups excluding carboxylic acids is 4. The van der Waals surface area contributed by atoms with Crippen molar-refractivity contribution in [1.82, 2.24) is 0 Å². The van der Waals surface area contributed by atoms with Gasteiger partial charge in [0.25, 0.3) is 0 Å². The Balaban J connectivity index is 4.13. The van der Waals surface area contributed by atoms with E-state index in [4.69, 9.17) is 0 Å². The highest BCUT2D eigenvalue weighted by atomic mass is 16.6. The van der Waals surface area contributed by atoms with Crippen molar-refractivity contribution in [2.75, 3.05) is 7.11 Å². The second-order valence-corrected chi connectivity index (χ2v) is 2.05. The van der Waals surface area contributed by atoms with Crippen molar-refractivity contribution < 1.29 is 33.4 Å². The van der Waals surface area contributed by atoms with Crippen LogP contribution in [0, 0.1) is 0 Å². The van der Waals surface area contributed by atoms with E-state index in [-0.39, 0.29) is 12.9 Å². The summed E-state index contributed by atoms with van der Waals surface area (Å²) in [5, 5.41) is 0. The van der Waals surface area contributed by atoms with Crippen molar-refractivity contribution in [2.45, 2.75) is 12.5 Å². The Hall–Kier alpha value is -1.76. The molecule has 0 spiro atoms. The van der Waals surface area contributed by atoms with Crippen molar-refractivity contribution in [3.05, 3.63) is 0 Å². The maximum atomic E-state index is 10.8. The summed E-state index contributed by atoms with van der Waals surface area (Å²) in [7, 11) is 1.14. The third-order valence-electron chi connectivity index (χ3n) is 1.24. The third kappa shape index (κ3) is 4.31. The SMILES string of the molecule is COC(CC(=O)OC=O)C(=O)OC=O. The van der Waals surface area contributed by atoms with Crippen molar-refractivity contribution in [2.24, 2.45) is 0 Å². The van der Waals surface area contributed by atoms with Gasteiger partial charge in [-0.25, -0.2) is 4.79 Å². The minimum absolute atomic E-state index is 0.0693. The second kappa shape index (κ2) is 6.72. The Bertz CT molecular complexity index is 234. The number of methoxy groups -OCH3 is 1. The molecular formula is C7H8O7. The fourth-order valence-electron chi connectivity index (χ4n) is 0.639. The third-order valence-corrected chi connectivity index (χ3v) is 1.24. The smallest absolute Gasteiger partial charge is 0.343 e. The molecule has 0 aliphatic rings. The molecule has 78 valence electrons. The van der Waals surface area contributed by atoms with E-state index in [1.54, 1.807) is 0 Å². The lowest BCUT2D eigenvalue weighted by Gasteiger charge is -2.09. The lowest BCUT2D eigenvalue weighted by atomic mass is 10.2. The minimum Gasteiger partial charge on any atom is -0.395 e. The Kier molecular flexibility index (Phi) is 5.88. The molecule has 0 fully saturated rings. The summed E-state index contributed by atoms with van der Waals surface area (Å²) in [5.41, 5.74) is 0. The van der Waals surface area contributed by atoms with Gasteiger partial charge < -0.3 is 14.2 Å². The first kappa shape index (κ1) is 12.2. The maximum absolute atomic E-state index is 10.8. The van der Waals surface area contributed by atoms with Gasteiger partial charge >= 0.3 is 24.9 Å². The lowest BCUT2D eigenvalue weighted by molar-refractivity contribution is -0.166. The number of carbonyl (C=O) groups is 4. The predicted molar refractivity (Wildman–Crippen MR) is 39.7 cm³/mol. The molecule has 0 aromatic carbocycles. The van der Waals surface area contributed by atoms with E-state index in [0.29, 0.717) is 0 Å². The summed E-state index contributed by atoms with van der Waals surface area (Å²) >= 11 is 0. The molecule has 0 aromatic heterocycles. The van der Waals surface area contributed by atoms with E-state index in [1.807, 2.05) is 0 Å². The zero-order valence-electron chi connectivity index (χ0n) is 7.30. The Morgan fingerprint density at radius 1 is 1.21 bits per heavy atom. The van der Waals surface area contributed by atoms with E-state index >= 15 is 0 Å². The van der Waals surface area contributed by atoms with Gasteiger partial charge in [0, 0.05) is 7.11 Å². The monoisotopic (exact) mass is 204 g/mol. The summed E-state index contributed by atoms with van der Waals surface area (Å²) in [6.07, 6.45) is -1.75. The average Bonchev–Trinajstić information content (AvgIpc) is 2.15. The van der Waals surface area contributed by atoms with Crippen molar-refractivity contribution >= 4 is 24.9 Å². The molecule has 14 heavy (non-hydrogen) atoms. The van der Waals surface area contributed by atoms with E-state index in [1.165, 1.54) is 0 Å². The molecule has 7 heteroatoms. The average molecular weight is 204 g/mol. The largest absolute Gasteiger partial charge is 0.395 e.